The molecule has 17 nitrogen and oxygen atoms in total. The lowest BCUT2D eigenvalue weighted by Gasteiger charge is -2.51. The van der Waals surface area contributed by atoms with Crippen LogP contribution in [0.2, 0.25) is 0 Å². The molecule has 0 radical (unpaired) electrons. The number of phenolic OH excluding ortho intramolecular Hbond substituents is 1. The highest BCUT2D eigenvalue weighted by Crippen LogP contribution is 2.51. The van der Waals surface area contributed by atoms with E-state index in [-0.39, 0.29) is 106 Å². The van der Waals surface area contributed by atoms with Crippen molar-refractivity contribution in [3.05, 3.63) is 101 Å². The molecule has 8 heterocycles. The minimum absolute atomic E-state index is 0.00231. The number of terminal acetylenes is 1. The number of aromatic nitrogens is 5. The molecule has 5 fully saturated rings. The van der Waals surface area contributed by atoms with E-state index in [4.69, 9.17) is 25.4 Å². The number of piperazine rings is 1. The highest BCUT2D eigenvalue weighted by atomic mass is 32.1. The average molecular weight is 1110 g/mol. The van der Waals surface area contributed by atoms with E-state index < -0.39 is 29.7 Å². The van der Waals surface area contributed by atoms with Crippen molar-refractivity contribution in [3.63, 3.8) is 0 Å². The molecule has 3 aromatic carbocycles. The summed E-state index contributed by atoms with van der Waals surface area (Å²) in [4.78, 5) is 53.7. The topological polar surface area (TPSA) is 204 Å². The lowest BCUT2D eigenvalue weighted by Crippen LogP contribution is -2.51. The number of hydrogen-bond acceptors (Lipinski definition) is 16. The maximum absolute atomic E-state index is 17.1. The van der Waals surface area contributed by atoms with Crippen molar-refractivity contribution in [2.24, 2.45) is 11.3 Å². The number of thiazole rings is 1. The number of phenols is 1. The van der Waals surface area contributed by atoms with Crippen molar-refractivity contribution < 1.29 is 42.6 Å². The van der Waals surface area contributed by atoms with Gasteiger partial charge in [-0.25, -0.2) is 13.8 Å². The van der Waals surface area contributed by atoms with Gasteiger partial charge in [-0.05, 0) is 117 Å². The molecule has 20 heteroatoms. The molecule has 4 aliphatic heterocycles. The zero-order valence-corrected chi connectivity index (χ0v) is 45.9. The van der Waals surface area contributed by atoms with Gasteiger partial charge in [0, 0.05) is 67.9 Å². The zero-order valence-electron chi connectivity index (χ0n) is 45.1. The maximum Gasteiger partial charge on any atom is 0.319 e. The van der Waals surface area contributed by atoms with Crippen LogP contribution in [0, 0.1) is 42.2 Å². The summed E-state index contributed by atoms with van der Waals surface area (Å²) in [6, 6.07) is 14.6. The summed E-state index contributed by atoms with van der Waals surface area (Å²) in [6.45, 7) is 11.7. The van der Waals surface area contributed by atoms with Gasteiger partial charge >= 0.3 is 6.01 Å². The second-order valence-electron chi connectivity index (χ2n) is 22.9. The first-order valence-corrected chi connectivity index (χ1v) is 28.6. The number of carbonyl (C=O) groups is 2. The van der Waals surface area contributed by atoms with Crippen molar-refractivity contribution >= 4 is 50.6 Å². The molecule has 4 N–H and O–H groups in total. The number of aliphatic hydroxyl groups excluding tert-OH is 1. The number of halogens is 2. The van der Waals surface area contributed by atoms with E-state index in [9.17, 15) is 19.8 Å². The number of aryl methyl sites for hydroxylation is 1. The lowest BCUT2D eigenvalue weighted by atomic mass is 9.61. The van der Waals surface area contributed by atoms with E-state index in [1.807, 2.05) is 57.5 Å². The largest absolute Gasteiger partial charge is 0.508 e. The second-order valence-corrected chi connectivity index (χ2v) is 23.7. The molecule has 12 rings (SSSR count). The fourth-order valence-electron chi connectivity index (χ4n) is 12.9. The van der Waals surface area contributed by atoms with Gasteiger partial charge in [0.15, 0.2) is 11.6 Å². The van der Waals surface area contributed by atoms with Crippen molar-refractivity contribution in [2.45, 2.75) is 115 Å². The molecule has 6 atom stereocenters. The predicted molar refractivity (Wildman–Crippen MR) is 298 cm³/mol. The van der Waals surface area contributed by atoms with Gasteiger partial charge in [0.05, 0.1) is 39.2 Å². The van der Waals surface area contributed by atoms with Crippen LogP contribution in [0.4, 0.5) is 14.6 Å². The van der Waals surface area contributed by atoms with Gasteiger partial charge in [-0.3, -0.25) is 19.5 Å². The number of pyridine rings is 1. The summed E-state index contributed by atoms with van der Waals surface area (Å²) < 4.78 is 50.6. The number of aromatic hydroxyl groups is 1. The molecule has 2 amide bonds. The molecule has 1 spiro atoms. The number of hydrogen-bond donors (Lipinski definition) is 4. The molecule has 1 saturated carbocycles. The van der Waals surface area contributed by atoms with Gasteiger partial charge in [-0.1, -0.05) is 50.1 Å². The van der Waals surface area contributed by atoms with Crippen LogP contribution in [0.3, 0.4) is 0 Å². The Balaban J connectivity index is 0.661. The number of carbonyl (C=O) groups excluding carboxylic acids is 2. The Kier molecular flexibility index (Phi) is 14.4. The Bertz CT molecular complexity index is 3520. The van der Waals surface area contributed by atoms with Crippen LogP contribution in [0.15, 0.2) is 70.8 Å². The Morgan fingerprint density at radius 1 is 1.01 bits per heavy atom. The minimum atomic E-state index is -0.855. The number of aliphatic hydroxyl groups is 1. The van der Waals surface area contributed by atoms with E-state index >= 15 is 8.78 Å². The molecule has 4 aromatic heterocycles. The molecule has 2 bridgehead atoms. The monoisotopic (exact) mass is 1110 g/mol. The van der Waals surface area contributed by atoms with Crippen molar-refractivity contribution in [1.82, 2.24) is 45.5 Å². The number of β-amino-alcohol motifs (C(OH)–C–C–N with tert-alkyl or cyclic N) is 1. The van der Waals surface area contributed by atoms with Gasteiger partial charge in [0.25, 0.3) is 5.88 Å². The van der Waals surface area contributed by atoms with Crippen LogP contribution in [0.25, 0.3) is 43.4 Å². The van der Waals surface area contributed by atoms with Crippen LogP contribution in [0.5, 0.6) is 17.6 Å². The number of nitrogens with zero attached hydrogens (tertiary/aromatic N) is 8. The van der Waals surface area contributed by atoms with Gasteiger partial charge < -0.3 is 44.6 Å². The van der Waals surface area contributed by atoms with E-state index in [0.717, 1.165) is 73.3 Å². The van der Waals surface area contributed by atoms with E-state index in [2.05, 4.69) is 46.5 Å². The zero-order chi connectivity index (χ0) is 55.6. The summed E-state index contributed by atoms with van der Waals surface area (Å²) in [6.07, 6.45) is 12.2. The minimum Gasteiger partial charge on any atom is -0.508 e. The average Bonchev–Trinajstić information content (AvgIpc) is 4.25. The van der Waals surface area contributed by atoms with Gasteiger partial charge in [0.1, 0.15) is 53.3 Å². The Labute approximate surface area is 466 Å². The molecular formula is C60H64F2N10O7S. The quantitative estimate of drug-likeness (QED) is 0.0712. The third kappa shape index (κ3) is 10.3. The number of amides is 2. The lowest BCUT2D eigenvalue weighted by molar-refractivity contribution is -0.141. The molecule has 1 aliphatic carbocycles. The molecule has 4 saturated heterocycles. The molecule has 7 aromatic rings. The molecule has 2 unspecified atom stereocenters. The van der Waals surface area contributed by atoms with Crippen LogP contribution in [-0.4, -0.2) is 133 Å². The Hall–Kier alpha value is -7.31. The number of fused-ring (bicyclic) bond motifs is 4. The number of nitrogens with one attached hydrogen (secondary N) is 2. The van der Waals surface area contributed by atoms with Crippen LogP contribution >= 0.6 is 11.3 Å². The van der Waals surface area contributed by atoms with Crippen molar-refractivity contribution in [1.29, 1.82) is 0 Å². The SMILES string of the molecule is C#Cc1c(F)ccc2cc(O)cc(-c3ncc4c(N5CC6CCC(C5)N6)nc(OCCN5CCC6(CC5)CC(Oc5cc([C@@H](C(=O)N7C[C@H](O)C[C@H]7C(=O)N[C@@H](C)c7ccc(-c8scnc8C)cc7)C(C)C)on5)C6)nc4c3F)c12. The first-order chi connectivity index (χ1) is 38.6. The standard InChI is InChI=1S/C60H64F2N10O7S/c1-6-43-46(61)14-11-37-21-40(73)22-44(51(37)43)53-52(62)54-45(27-63-53)56(71-28-38-12-13-39(29-71)66-38)68-59(67-54)77-20-19-70-17-15-60(16-18-70)25-42(26-60)78-49-24-48(79-69-49)50(32(2)3)58(76)72-30-41(74)23-47(72)57(75)65-33(4)35-7-9-36(10-8-35)55-34(5)64-31-80-55/h1,7-11,14,21-22,24,27,31-33,38-39,41-42,47,50,66,73-74H,12-13,15-20,23,25-26,28-30H2,2-5H3,(H,65,75)/t33-,38?,39?,41+,47-,50-/m0/s1. The second kappa shape index (κ2) is 21.6. The van der Waals surface area contributed by atoms with E-state index in [0.29, 0.717) is 47.9 Å². The third-order valence-electron chi connectivity index (χ3n) is 17.2. The fraction of sp³-hybridized carbons (Fsp3) is 0.450. The Morgan fingerprint density at radius 2 is 1.77 bits per heavy atom. The fourth-order valence-corrected chi connectivity index (χ4v) is 13.7. The van der Waals surface area contributed by atoms with Crippen LogP contribution in [0.1, 0.15) is 100 Å². The predicted octanol–water partition coefficient (Wildman–Crippen LogP) is 8.45. The smallest absolute Gasteiger partial charge is 0.319 e. The molecule has 5 aliphatic rings. The van der Waals surface area contributed by atoms with Crippen LogP contribution < -0.4 is 25.0 Å². The summed E-state index contributed by atoms with van der Waals surface area (Å²) in [5.74, 6) is 0.423. The maximum atomic E-state index is 17.1. The summed E-state index contributed by atoms with van der Waals surface area (Å²) in [7, 11) is 0. The number of ether oxygens (including phenoxy) is 2. The highest BCUT2D eigenvalue weighted by molar-refractivity contribution is 7.13. The Morgan fingerprint density at radius 3 is 2.49 bits per heavy atom. The van der Waals surface area contributed by atoms with Crippen molar-refractivity contribution in [3.8, 4) is 51.7 Å². The first-order valence-electron chi connectivity index (χ1n) is 27.7. The normalized spacial score (nSPS) is 21.7. The molecular weight excluding hydrogens is 1040 g/mol. The van der Waals surface area contributed by atoms with E-state index in [1.165, 1.54) is 35.4 Å². The highest BCUT2D eigenvalue weighted by Gasteiger charge is 2.48. The molecule has 80 heavy (non-hydrogen) atoms. The van der Waals surface area contributed by atoms with Crippen LogP contribution in [-0.2, 0) is 9.59 Å². The number of piperidine rings is 1. The molecule has 416 valence electrons. The number of benzene rings is 3. The summed E-state index contributed by atoms with van der Waals surface area (Å²) >= 11 is 1.58. The third-order valence-corrected chi connectivity index (χ3v) is 18.1. The van der Waals surface area contributed by atoms with Gasteiger partial charge in [0.2, 0.25) is 11.8 Å². The van der Waals surface area contributed by atoms with Crippen molar-refractivity contribution in [2.75, 3.05) is 50.8 Å². The van der Waals surface area contributed by atoms with Gasteiger partial charge in [-0.2, -0.15) is 9.97 Å². The van der Waals surface area contributed by atoms with Gasteiger partial charge in [-0.15, -0.1) is 17.8 Å². The first kappa shape index (κ1) is 53.3. The van der Waals surface area contributed by atoms with E-state index in [1.54, 1.807) is 17.4 Å². The number of anilines is 1. The number of rotatable bonds is 15. The summed E-state index contributed by atoms with van der Waals surface area (Å²) in [5, 5.41) is 33.6. The summed E-state index contributed by atoms with van der Waals surface area (Å²) in [5.41, 5.74) is 4.83. The number of likely N-dealkylation sites (tertiary alicyclic amines) is 2.